The van der Waals surface area contributed by atoms with Gasteiger partial charge in [-0.15, -0.1) is 11.8 Å². The third kappa shape index (κ3) is 2.30. The van der Waals surface area contributed by atoms with Gasteiger partial charge >= 0.3 is 0 Å². The van der Waals surface area contributed by atoms with Crippen LogP contribution in [0.5, 0.6) is 0 Å². The molecule has 0 aliphatic heterocycles. The third-order valence-corrected chi connectivity index (χ3v) is 4.16. The molecule has 0 amide bonds. The Bertz CT molecular complexity index is 413. The predicted molar refractivity (Wildman–Crippen MR) is 68.3 cm³/mol. The Kier molecular flexibility index (Phi) is 3.34. The summed E-state index contributed by atoms with van der Waals surface area (Å²) >= 11 is 1.76. The second-order valence-electron chi connectivity index (χ2n) is 4.07. The highest BCUT2D eigenvalue weighted by Crippen LogP contribution is 2.39. The van der Waals surface area contributed by atoms with Gasteiger partial charge in [0.1, 0.15) is 0 Å². The molecule has 1 N–H and O–H groups in total. The van der Waals surface area contributed by atoms with Crippen molar-refractivity contribution in [2.45, 2.75) is 29.4 Å². The Labute approximate surface area is 100 Å². The number of hydrogen-bond acceptors (Lipinski definition) is 3. The molecule has 84 valence electrons. The number of oxime groups is 1. The lowest BCUT2D eigenvalue weighted by Crippen LogP contribution is -2.32. The van der Waals surface area contributed by atoms with E-state index in [0.29, 0.717) is 0 Å². The molecular weight excluding hydrogens is 218 g/mol. The molecule has 2 rings (SSSR count). The van der Waals surface area contributed by atoms with Crippen molar-refractivity contribution < 1.29 is 5.21 Å². The van der Waals surface area contributed by atoms with E-state index in [-0.39, 0.29) is 4.75 Å². The zero-order valence-corrected chi connectivity index (χ0v) is 10.1. The van der Waals surface area contributed by atoms with Crippen LogP contribution in [0.4, 0.5) is 0 Å². The maximum atomic E-state index is 9.05. The molecule has 1 aliphatic rings. The summed E-state index contributed by atoms with van der Waals surface area (Å²) in [7, 11) is 0. The van der Waals surface area contributed by atoms with E-state index in [1.54, 1.807) is 11.8 Å². The van der Waals surface area contributed by atoms with E-state index in [9.17, 15) is 0 Å². The van der Waals surface area contributed by atoms with Gasteiger partial charge in [0, 0.05) is 11.3 Å². The summed E-state index contributed by atoms with van der Waals surface area (Å²) in [6, 6.07) is 10.2. The molecule has 0 saturated carbocycles. The van der Waals surface area contributed by atoms with Crippen molar-refractivity contribution in [3.8, 4) is 0 Å². The number of nitrogens with zero attached hydrogens (tertiary/aromatic N) is 1. The van der Waals surface area contributed by atoms with Gasteiger partial charge in [0.15, 0.2) is 0 Å². The molecule has 1 aromatic rings. The molecule has 1 atom stereocenters. The molecule has 0 bridgehead atoms. The second-order valence-corrected chi connectivity index (χ2v) is 5.65. The summed E-state index contributed by atoms with van der Waals surface area (Å²) < 4.78 is -0.120. The molecule has 3 heteroatoms. The topological polar surface area (TPSA) is 32.6 Å². The minimum Gasteiger partial charge on any atom is -0.411 e. The SMILES string of the molecule is C[C@@]1(Sc2ccccc2)CC=CC/C1=N\O. The van der Waals surface area contributed by atoms with Gasteiger partial charge in [-0.05, 0) is 25.5 Å². The fraction of sp³-hybridized carbons (Fsp3) is 0.308. The molecule has 0 heterocycles. The van der Waals surface area contributed by atoms with Crippen molar-refractivity contribution >= 4 is 17.5 Å². The summed E-state index contributed by atoms with van der Waals surface area (Å²) in [5, 5.41) is 12.5. The normalized spacial score (nSPS) is 27.2. The summed E-state index contributed by atoms with van der Waals surface area (Å²) in [6.45, 7) is 2.13. The monoisotopic (exact) mass is 233 g/mol. The van der Waals surface area contributed by atoms with Crippen molar-refractivity contribution in [1.82, 2.24) is 0 Å². The molecule has 0 fully saturated rings. The molecule has 1 aromatic carbocycles. The van der Waals surface area contributed by atoms with Gasteiger partial charge in [0.25, 0.3) is 0 Å². The Morgan fingerprint density at radius 3 is 2.69 bits per heavy atom. The fourth-order valence-electron chi connectivity index (χ4n) is 1.83. The average molecular weight is 233 g/mol. The van der Waals surface area contributed by atoms with E-state index in [1.807, 2.05) is 18.2 Å². The van der Waals surface area contributed by atoms with Crippen LogP contribution in [0.1, 0.15) is 19.8 Å². The lowest BCUT2D eigenvalue weighted by atomic mass is 9.93. The van der Waals surface area contributed by atoms with Crippen molar-refractivity contribution in [3.63, 3.8) is 0 Å². The smallest absolute Gasteiger partial charge is 0.0772 e. The van der Waals surface area contributed by atoms with E-state index in [2.05, 4.69) is 36.4 Å². The van der Waals surface area contributed by atoms with Crippen LogP contribution in [0.2, 0.25) is 0 Å². The Morgan fingerprint density at radius 2 is 2.00 bits per heavy atom. The lowest BCUT2D eigenvalue weighted by Gasteiger charge is -2.30. The van der Waals surface area contributed by atoms with Crippen LogP contribution in [-0.4, -0.2) is 15.7 Å². The molecule has 0 aromatic heterocycles. The minimum atomic E-state index is -0.120. The quantitative estimate of drug-likeness (QED) is 0.480. The highest BCUT2D eigenvalue weighted by atomic mass is 32.2. The number of hydrogen-bond donors (Lipinski definition) is 1. The number of allylic oxidation sites excluding steroid dienone is 2. The fourth-order valence-corrected chi connectivity index (χ4v) is 3.07. The minimum absolute atomic E-state index is 0.120. The summed E-state index contributed by atoms with van der Waals surface area (Å²) in [6.07, 6.45) is 5.87. The number of thioether (sulfide) groups is 1. The zero-order valence-electron chi connectivity index (χ0n) is 9.26. The summed E-state index contributed by atoms with van der Waals surface area (Å²) in [5.74, 6) is 0. The zero-order chi connectivity index (χ0) is 11.4. The van der Waals surface area contributed by atoms with Crippen molar-refractivity contribution in [3.05, 3.63) is 42.5 Å². The van der Waals surface area contributed by atoms with Gasteiger partial charge in [-0.1, -0.05) is 35.5 Å². The van der Waals surface area contributed by atoms with Crippen molar-refractivity contribution in [1.29, 1.82) is 0 Å². The van der Waals surface area contributed by atoms with Crippen LogP contribution < -0.4 is 0 Å². The third-order valence-electron chi connectivity index (χ3n) is 2.80. The van der Waals surface area contributed by atoms with Crippen LogP contribution in [0.15, 0.2) is 52.5 Å². The molecule has 1 aliphatic carbocycles. The first kappa shape index (κ1) is 11.3. The van der Waals surface area contributed by atoms with E-state index >= 15 is 0 Å². The molecule has 0 saturated heterocycles. The molecule has 16 heavy (non-hydrogen) atoms. The van der Waals surface area contributed by atoms with Crippen molar-refractivity contribution in [2.24, 2.45) is 5.16 Å². The van der Waals surface area contributed by atoms with Gasteiger partial charge in [-0.25, -0.2) is 0 Å². The molecular formula is C13H15NOS. The highest BCUT2D eigenvalue weighted by Gasteiger charge is 2.32. The number of benzene rings is 1. The lowest BCUT2D eigenvalue weighted by molar-refractivity contribution is 0.315. The first-order chi connectivity index (χ1) is 7.74. The maximum absolute atomic E-state index is 9.05. The summed E-state index contributed by atoms with van der Waals surface area (Å²) in [5.41, 5.74) is 0.851. The van der Waals surface area contributed by atoms with E-state index in [1.165, 1.54) is 4.90 Å². The number of rotatable bonds is 2. The largest absolute Gasteiger partial charge is 0.411 e. The van der Waals surface area contributed by atoms with E-state index in [4.69, 9.17) is 5.21 Å². The van der Waals surface area contributed by atoms with Gasteiger partial charge in [-0.3, -0.25) is 0 Å². The van der Waals surface area contributed by atoms with Gasteiger partial charge in [0.2, 0.25) is 0 Å². The standard InChI is InChI=1S/C13H15NOS/c1-13(10-6-5-9-12(13)14-15)16-11-7-3-2-4-8-11/h2-8,15H,9-10H2,1H3/b14-12+/t13-/m1/s1. The van der Waals surface area contributed by atoms with Crippen LogP contribution in [0.3, 0.4) is 0 Å². The Balaban J connectivity index is 2.22. The van der Waals surface area contributed by atoms with Crippen LogP contribution >= 0.6 is 11.8 Å². The van der Waals surface area contributed by atoms with Crippen LogP contribution in [-0.2, 0) is 0 Å². The first-order valence-electron chi connectivity index (χ1n) is 5.35. The van der Waals surface area contributed by atoms with Crippen LogP contribution in [0.25, 0.3) is 0 Å². The van der Waals surface area contributed by atoms with Crippen LogP contribution in [0, 0.1) is 0 Å². The molecule has 0 radical (unpaired) electrons. The van der Waals surface area contributed by atoms with Gasteiger partial charge < -0.3 is 5.21 Å². The molecule has 0 spiro atoms. The molecule has 0 unspecified atom stereocenters. The summed E-state index contributed by atoms with van der Waals surface area (Å²) in [4.78, 5) is 1.21. The van der Waals surface area contributed by atoms with Gasteiger partial charge in [0.05, 0.1) is 10.5 Å². The van der Waals surface area contributed by atoms with Gasteiger partial charge in [-0.2, -0.15) is 0 Å². The van der Waals surface area contributed by atoms with Crippen molar-refractivity contribution in [2.75, 3.05) is 0 Å². The average Bonchev–Trinajstić information content (AvgIpc) is 2.30. The first-order valence-corrected chi connectivity index (χ1v) is 6.17. The second kappa shape index (κ2) is 4.74. The van der Waals surface area contributed by atoms with E-state index in [0.717, 1.165) is 18.6 Å². The molecule has 2 nitrogen and oxygen atoms in total. The Morgan fingerprint density at radius 1 is 1.25 bits per heavy atom. The van der Waals surface area contributed by atoms with E-state index < -0.39 is 0 Å². The maximum Gasteiger partial charge on any atom is 0.0772 e. The Hall–Kier alpha value is -1.22. The predicted octanol–water partition coefficient (Wildman–Crippen LogP) is 3.72. The highest BCUT2D eigenvalue weighted by molar-refractivity contribution is 8.01.